The van der Waals surface area contributed by atoms with E-state index in [1.165, 1.54) is 4.90 Å². The van der Waals surface area contributed by atoms with Crippen LogP contribution in [0.2, 0.25) is 0 Å². The molecule has 1 N–H and O–H groups in total. The van der Waals surface area contributed by atoms with Crippen molar-refractivity contribution in [1.82, 2.24) is 25.1 Å². The van der Waals surface area contributed by atoms with Crippen LogP contribution in [0.5, 0.6) is 6.01 Å². The molecule has 0 aliphatic carbocycles. The van der Waals surface area contributed by atoms with Gasteiger partial charge in [-0.05, 0) is 73.1 Å². The van der Waals surface area contributed by atoms with Gasteiger partial charge < -0.3 is 24.6 Å². The molecule has 200 valence electrons. The summed E-state index contributed by atoms with van der Waals surface area (Å²) in [5.41, 5.74) is 0.137. The van der Waals surface area contributed by atoms with E-state index in [1.807, 2.05) is 6.07 Å². The van der Waals surface area contributed by atoms with Crippen molar-refractivity contribution < 1.29 is 18.7 Å². The molecule has 6 rings (SSSR count). The van der Waals surface area contributed by atoms with Gasteiger partial charge in [-0.1, -0.05) is 0 Å². The van der Waals surface area contributed by atoms with E-state index in [9.17, 15) is 4.79 Å². The smallest absolute Gasteiger partial charge is 0.409 e. The van der Waals surface area contributed by atoms with Gasteiger partial charge in [0, 0.05) is 50.7 Å². The van der Waals surface area contributed by atoms with Gasteiger partial charge in [0.25, 0.3) is 0 Å². The lowest BCUT2D eigenvalue weighted by Crippen LogP contribution is -2.51. The van der Waals surface area contributed by atoms with E-state index in [-0.39, 0.29) is 29.2 Å². The fourth-order valence-corrected chi connectivity index (χ4v) is 6.98. The summed E-state index contributed by atoms with van der Waals surface area (Å²) < 4.78 is 27.4. The molecule has 2 aromatic rings. The highest BCUT2D eigenvalue weighted by atomic mass is 79.9. The van der Waals surface area contributed by atoms with E-state index in [2.05, 4.69) is 36.0 Å². The Hall–Kier alpha value is -2.24. The van der Waals surface area contributed by atoms with Crippen molar-refractivity contribution in [2.45, 2.75) is 62.2 Å². The lowest BCUT2D eigenvalue weighted by atomic mass is 9.95. The molecule has 0 saturated carbocycles. The quantitative estimate of drug-likeness (QED) is 0.559. The fourth-order valence-electron chi connectivity index (χ4n) is 6.66. The maximum Gasteiger partial charge on any atom is 0.409 e. The van der Waals surface area contributed by atoms with Crippen molar-refractivity contribution in [3.05, 3.63) is 22.4 Å². The van der Waals surface area contributed by atoms with Gasteiger partial charge in [-0.25, -0.2) is 9.18 Å². The lowest BCUT2D eigenvalue weighted by molar-refractivity contribution is 0.0484. The number of hydrogen-bond acceptors (Lipinski definition) is 8. The Balaban J connectivity index is 1.24. The third kappa shape index (κ3) is 4.63. The number of nitrogens with one attached hydrogen (secondary N) is 1. The molecule has 0 radical (unpaired) electrons. The number of aromatic nitrogens is 2. The first-order chi connectivity index (χ1) is 17.8. The Morgan fingerprint density at radius 3 is 2.76 bits per heavy atom. The van der Waals surface area contributed by atoms with Gasteiger partial charge in [-0.3, -0.25) is 4.90 Å². The van der Waals surface area contributed by atoms with Crippen LogP contribution in [0.1, 0.15) is 38.5 Å². The second-order valence-electron chi connectivity index (χ2n) is 11.1. The normalized spacial score (nSPS) is 29.1. The van der Waals surface area contributed by atoms with E-state index >= 15 is 4.39 Å². The molecule has 4 unspecified atom stereocenters. The van der Waals surface area contributed by atoms with Gasteiger partial charge >= 0.3 is 12.1 Å². The third-order valence-electron chi connectivity index (χ3n) is 8.50. The molecule has 4 atom stereocenters. The predicted octanol–water partition coefficient (Wildman–Crippen LogP) is 3.55. The molecular formula is C26H34BrFN6O3. The second-order valence-corrected chi connectivity index (χ2v) is 12.0. The summed E-state index contributed by atoms with van der Waals surface area (Å²) in [5.74, 6) is 0.346. The summed E-state index contributed by atoms with van der Waals surface area (Å²) in [6.45, 7) is 3.43. The number of amides is 1. The molecule has 0 spiro atoms. The average molecular weight is 577 g/mol. The average Bonchev–Trinajstić information content (AvgIpc) is 3.56. The van der Waals surface area contributed by atoms with Crippen LogP contribution in [0.3, 0.4) is 0 Å². The molecular weight excluding hydrogens is 543 g/mol. The highest BCUT2D eigenvalue weighted by Gasteiger charge is 2.50. The molecule has 5 heterocycles. The predicted molar refractivity (Wildman–Crippen MR) is 142 cm³/mol. The van der Waals surface area contributed by atoms with Crippen LogP contribution in [-0.4, -0.2) is 96.5 Å². The minimum atomic E-state index is -0.395. The van der Waals surface area contributed by atoms with Crippen molar-refractivity contribution in [3.63, 3.8) is 0 Å². The topological polar surface area (TPSA) is 83.1 Å². The number of ether oxygens (including phenoxy) is 2. The summed E-state index contributed by atoms with van der Waals surface area (Å²) in [4.78, 5) is 27.5. The van der Waals surface area contributed by atoms with Crippen LogP contribution >= 0.6 is 15.9 Å². The van der Waals surface area contributed by atoms with Crippen LogP contribution in [0.15, 0.2) is 16.6 Å². The van der Waals surface area contributed by atoms with Crippen LogP contribution in [0, 0.1) is 5.82 Å². The second kappa shape index (κ2) is 9.81. The number of carbonyl (C=O) groups is 1. The van der Waals surface area contributed by atoms with Crippen molar-refractivity contribution in [2.24, 2.45) is 0 Å². The first-order valence-electron chi connectivity index (χ1n) is 13.2. The molecule has 4 fully saturated rings. The Morgan fingerprint density at radius 2 is 2.00 bits per heavy atom. The summed E-state index contributed by atoms with van der Waals surface area (Å²) in [5, 5.41) is 4.36. The molecule has 4 aliphatic rings. The van der Waals surface area contributed by atoms with Gasteiger partial charge in [-0.2, -0.15) is 9.97 Å². The molecule has 1 amide bonds. The minimum absolute atomic E-state index is 0.141. The standard InChI is InChI=1S/C26H34BrFN6O3/c1-32(2)25(35)36-14-18-8-10-26(9-3-11-34(18)26)15-37-24-30-22-19(6-7-20(27)21(22)28)23(31-24)33-12-16-4-5-17(13-33)29-16/h6-7,16-18,29H,3-5,8-15H2,1-2H3. The first-order valence-corrected chi connectivity index (χ1v) is 14.0. The van der Waals surface area contributed by atoms with E-state index in [1.54, 1.807) is 20.2 Å². The summed E-state index contributed by atoms with van der Waals surface area (Å²) >= 11 is 3.31. The van der Waals surface area contributed by atoms with Crippen LogP contribution in [0.25, 0.3) is 10.9 Å². The zero-order valence-electron chi connectivity index (χ0n) is 21.4. The summed E-state index contributed by atoms with van der Waals surface area (Å²) in [6, 6.07) is 4.85. The maximum absolute atomic E-state index is 15.2. The SMILES string of the molecule is CN(C)C(=O)OCC1CCC2(COc3nc(N4CC5CCC(C4)N5)c4ccc(Br)c(F)c4n3)CCCN12. The number of halogens is 2. The molecule has 9 nitrogen and oxygen atoms in total. The number of nitrogens with zero attached hydrogens (tertiary/aromatic N) is 5. The number of rotatable bonds is 6. The van der Waals surface area contributed by atoms with E-state index in [0.717, 1.165) is 64.0 Å². The lowest BCUT2D eigenvalue weighted by Gasteiger charge is -2.35. The van der Waals surface area contributed by atoms with E-state index in [4.69, 9.17) is 14.5 Å². The van der Waals surface area contributed by atoms with Crippen molar-refractivity contribution >= 4 is 38.7 Å². The maximum atomic E-state index is 15.2. The Bertz CT molecular complexity index is 1190. The molecule has 1 aromatic heterocycles. The van der Waals surface area contributed by atoms with Gasteiger partial charge in [-0.15, -0.1) is 0 Å². The van der Waals surface area contributed by atoms with Crippen molar-refractivity contribution in [3.8, 4) is 6.01 Å². The molecule has 37 heavy (non-hydrogen) atoms. The van der Waals surface area contributed by atoms with Crippen LogP contribution in [0.4, 0.5) is 15.0 Å². The molecule has 2 bridgehead atoms. The van der Waals surface area contributed by atoms with Gasteiger partial charge in [0.15, 0.2) is 5.82 Å². The summed E-state index contributed by atoms with van der Waals surface area (Å²) in [6.07, 6.45) is 5.95. The zero-order chi connectivity index (χ0) is 25.7. The highest BCUT2D eigenvalue weighted by molar-refractivity contribution is 9.10. The minimum Gasteiger partial charge on any atom is -0.461 e. The number of hydrogen-bond donors (Lipinski definition) is 1. The van der Waals surface area contributed by atoms with E-state index < -0.39 is 5.82 Å². The molecule has 4 aliphatic heterocycles. The third-order valence-corrected chi connectivity index (χ3v) is 9.12. The number of fused-ring (bicyclic) bond motifs is 4. The Morgan fingerprint density at radius 1 is 1.22 bits per heavy atom. The number of benzene rings is 1. The Kier molecular flexibility index (Phi) is 6.65. The molecule has 1 aromatic carbocycles. The number of anilines is 1. The van der Waals surface area contributed by atoms with Crippen LogP contribution in [-0.2, 0) is 4.74 Å². The van der Waals surface area contributed by atoms with Gasteiger partial charge in [0.1, 0.15) is 24.5 Å². The summed E-state index contributed by atoms with van der Waals surface area (Å²) in [7, 11) is 3.38. The van der Waals surface area contributed by atoms with Crippen LogP contribution < -0.4 is 15.0 Å². The Labute approximate surface area is 224 Å². The first kappa shape index (κ1) is 25.1. The number of carbonyl (C=O) groups excluding carboxylic acids is 1. The zero-order valence-corrected chi connectivity index (χ0v) is 23.0. The number of piperazine rings is 1. The molecule has 4 saturated heterocycles. The monoisotopic (exact) mass is 576 g/mol. The van der Waals surface area contributed by atoms with Gasteiger partial charge in [0.2, 0.25) is 0 Å². The van der Waals surface area contributed by atoms with Crippen molar-refractivity contribution in [1.29, 1.82) is 0 Å². The largest absolute Gasteiger partial charge is 0.461 e. The highest BCUT2D eigenvalue weighted by Crippen LogP contribution is 2.43. The fraction of sp³-hybridized carbons (Fsp3) is 0.654. The molecule has 11 heteroatoms. The van der Waals surface area contributed by atoms with Crippen molar-refractivity contribution in [2.75, 3.05) is 51.8 Å². The van der Waals surface area contributed by atoms with E-state index in [0.29, 0.717) is 35.2 Å². The van der Waals surface area contributed by atoms with Gasteiger partial charge in [0.05, 0.1) is 10.0 Å².